The highest BCUT2D eigenvalue weighted by atomic mass is 35.5. The summed E-state index contributed by atoms with van der Waals surface area (Å²) in [6.45, 7) is 1.13. The van der Waals surface area contributed by atoms with Crippen LogP contribution in [-0.4, -0.2) is 36.0 Å². The van der Waals surface area contributed by atoms with Gasteiger partial charge in [0.25, 0.3) is 0 Å². The normalized spacial score (nSPS) is 16.2. The first-order valence-corrected chi connectivity index (χ1v) is 9.78. The van der Waals surface area contributed by atoms with Gasteiger partial charge in [0.2, 0.25) is 0 Å². The monoisotopic (exact) mass is 403 g/mol. The molecule has 1 fully saturated rings. The topological polar surface area (TPSA) is 77.8 Å². The number of pyridine rings is 1. The van der Waals surface area contributed by atoms with Crippen LogP contribution in [0.3, 0.4) is 0 Å². The van der Waals surface area contributed by atoms with Crippen molar-refractivity contribution in [3.05, 3.63) is 50.8 Å². The molecule has 1 aliphatic carbocycles. The van der Waals surface area contributed by atoms with Gasteiger partial charge >= 0.3 is 5.97 Å². The third-order valence-corrected chi connectivity index (χ3v) is 6.08. The zero-order chi connectivity index (χ0) is 19.9. The fourth-order valence-corrected chi connectivity index (χ4v) is 4.43. The van der Waals surface area contributed by atoms with Crippen LogP contribution < -0.4 is 10.2 Å². The molecule has 7 heteroatoms. The molecule has 6 nitrogen and oxygen atoms in total. The predicted molar refractivity (Wildman–Crippen MR) is 106 cm³/mol. The molecule has 1 aromatic heterocycles. The Labute approximate surface area is 167 Å². The number of hydrogen-bond acceptors (Lipinski definition) is 4. The summed E-state index contributed by atoms with van der Waals surface area (Å²) in [5, 5.41) is 9.84. The van der Waals surface area contributed by atoms with Crippen molar-refractivity contribution in [1.82, 2.24) is 4.57 Å². The Kier molecular flexibility index (Phi) is 4.93. The molecule has 148 valence electrons. The number of carboxylic acids is 1. The number of carbonyl (C=O) groups is 1. The van der Waals surface area contributed by atoms with E-state index in [1.807, 2.05) is 16.7 Å². The summed E-state index contributed by atoms with van der Waals surface area (Å²) in [5.41, 5.74) is 1.80. The van der Waals surface area contributed by atoms with Gasteiger partial charge < -0.3 is 19.1 Å². The second-order valence-electron chi connectivity index (χ2n) is 7.50. The van der Waals surface area contributed by atoms with Gasteiger partial charge in [-0.15, -0.1) is 0 Å². The van der Waals surface area contributed by atoms with Crippen molar-refractivity contribution in [2.24, 2.45) is 0 Å². The standard InChI is InChI=1S/C21H22ClNO5/c1-27-6-3-7-28-19-8-13-11-21(4-2-5-21)23-12-15(20(25)26)18(24)10-17(23)14(13)9-16(19)22/h8-10,12H,2-7,11H2,1H3,(H,25,26). The minimum atomic E-state index is -1.20. The highest BCUT2D eigenvalue weighted by Crippen LogP contribution is 2.50. The van der Waals surface area contributed by atoms with E-state index in [0.717, 1.165) is 48.9 Å². The van der Waals surface area contributed by atoms with Crippen molar-refractivity contribution >= 4 is 17.6 Å². The molecule has 1 spiro atoms. The lowest BCUT2D eigenvalue weighted by Crippen LogP contribution is -2.46. The van der Waals surface area contributed by atoms with Crippen molar-refractivity contribution in [3.63, 3.8) is 0 Å². The minimum Gasteiger partial charge on any atom is -0.492 e. The Hall–Kier alpha value is -2.31. The number of ether oxygens (including phenoxy) is 2. The van der Waals surface area contributed by atoms with Gasteiger partial charge in [-0.2, -0.15) is 0 Å². The quantitative estimate of drug-likeness (QED) is 0.744. The largest absolute Gasteiger partial charge is 0.492 e. The number of fused-ring (bicyclic) bond motifs is 4. The molecule has 1 aliphatic heterocycles. The van der Waals surface area contributed by atoms with Crippen LogP contribution in [-0.2, 0) is 16.7 Å². The summed E-state index contributed by atoms with van der Waals surface area (Å²) in [4.78, 5) is 23.8. The first-order valence-electron chi connectivity index (χ1n) is 9.40. The molecule has 4 rings (SSSR count). The van der Waals surface area contributed by atoms with E-state index in [1.165, 1.54) is 12.3 Å². The van der Waals surface area contributed by atoms with Crippen LogP contribution in [0.1, 0.15) is 41.6 Å². The molecule has 2 heterocycles. The van der Waals surface area contributed by atoms with Gasteiger partial charge in [0.15, 0.2) is 5.43 Å². The van der Waals surface area contributed by atoms with Crippen molar-refractivity contribution in [3.8, 4) is 17.0 Å². The number of aromatic nitrogens is 1. The predicted octanol–water partition coefficient (Wildman–Crippen LogP) is 3.72. The van der Waals surface area contributed by atoms with Crippen molar-refractivity contribution in [2.75, 3.05) is 20.3 Å². The maximum Gasteiger partial charge on any atom is 0.341 e. The Balaban J connectivity index is 1.78. The molecular formula is C21H22ClNO5. The van der Waals surface area contributed by atoms with Crippen molar-refractivity contribution in [1.29, 1.82) is 0 Å². The summed E-state index contributed by atoms with van der Waals surface area (Å²) < 4.78 is 12.9. The van der Waals surface area contributed by atoms with Crippen LogP contribution in [0.5, 0.6) is 5.75 Å². The first kappa shape index (κ1) is 19.0. The van der Waals surface area contributed by atoms with Gasteiger partial charge in [-0.3, -0.25) is 4.79 Å². The number of nitrogens with zero attached hydrogens (tertiary/aromatic N) is 1. The van der Waals surface area contributed by atoms with Crippen molar-refractivity contribution in [2.45, 2.75) is 37.6 Å². The molecule has 1 N–H and O–H groups in total. The summed E-state index contributed by atoms with van der Waals surface area (Å²) >= 11 is 6.44. The Bertz CT molecular complexity index is 993. The molecule has 1 aromatic carbocycles. The maximum absolute atomic E-state index is 12.4. The van der Waals surface area contributed by atoms with E-state index in [0.29, 0.717) is 24.0 Å². The van der Waals surface area contributed by atoms with Crippen LogP contribution in [0.4, 0.5) is 0 Å². The maximum atomic E-state index is 12.4. The molecule has 0 amide bonds. The molecule has 0 bridgehead atoms. The molecule has 0 radical (unpaired) electrons. The lowest BCUT2D eigenvalue weighted by Gasteiger charge is -2.48. The molecule has 2 aromatic rings. The smallest absolute Gasteiger partial charge is 0.341 e. The average molecular weight is 404 g/mol. The van der Waals surface area contributed by atoms with Gasteiger partial charge in [0.1, 0.15) is 11.3 Å². The van der Waals surface area contributed by atoms with E-state index < -0.39 is 11.4 Å². The lowest BCUT2D eigenvalue weighted by atomic mass is 9.69. The third-order valence-electron chi connectivity index (χ3n) is 5.78. The minimum absolute atomic E-state index is 0.179. The van der Waals surface area contributed by atoms with Gasteiger partial charge in [-0.25, -0.2) is 4.79 Å². The summed E-state index contributed by atoms with van der Waals surface area (Å²) in [7, 11) is 1.65. The Morgan fingerprint density at radius 2 is 2.07 bits per heavy atom. The number of hydrogen-bond donors (Lipinski definition) is 1. The van der Waals surface area contributed by atoms with Crippen LogP contribution in [0.2, 0.25) is 5.02 Å². The molecule has 28 heavy (non-hydrogen) atoms. The van der Waals surface area contributed by atoms with E-state index in [9.17, 15) is 14.7 Å². The van der Waals surface area contributed by atoms with Crippen LogP contribution in [0, 0.1) is 0 Å². The fourth-order valence-electron chi connectivity index (χ4n) is 4.21. The van der Waals surface area contributed by atoms with Gasteiger partial charge in [0, 0.05) is 43.5 Å². The zero-order valence-electron chi connectivity index (χ0n) is 15.7. The van der Waals surface area contributed by atoms with E-state index in [4.69, 9.17) is 21.1 Å². The Morgan fingerprint density at radius 3 is 2.71 bits per heavy atom. The van der Waals surface area contributed by atoms with Gasteiger partial charge in [-0.05, 0) is 43.4 Å². The second-order valence-corrected chi connectivity index (χ2v) is 7.91. The molecule has 1 saturated carbocycles. The SMILES string of the molecule is COCCCOc1cc2c(cc1Cl)-c1cc(=O)c(C(=O)O)cn1C1(CCC1)C2. The van der Waals surface area contributed by atoms with E-state index >= 15 is 0 Å². The molecule has 0 atom stereocenters. The van der Waals surface area contributed by atoms with E-state index in [1.54, 1.807) is 7.11 Å². The average Bonchev–Trinajstić information content (AvgIpc) is 2.63. The Morgan fingerprint density at radius 1 is 1.29 bits per heavy atom. The second kappa shape index (κ2) is 7.26. The summed E-state index contributed by atoms with van der Waals surface area (Å²) in [6, 6.07) is 5.21. The van der Waals surface area contributed by atoms with Gasteiger partial charge in [-0.1, -0.05) is 11.6 Å². The fraction of sp³-hybridized carbons (Fsp3) is 0.429. The zero-order valence-corrected chi connectivity index (χ0v) is 16.4. The summed E-state index contributed by atoms with van der Waals surface area (Å²) in [6.07, 6.45) is 6.03. The molecular weight excluding hydrogens is 382 g/mol. The number of benzene rings is 1. The molecule has 0 unspecified atom stereocenters. The van der Waals surface area contributed by atoms with Crippen LogP contribution in [0.15, 0.2) is 29.2 Å². The van der Waals surface area contributed by atoms with Crippen LogP contribution >= 0.6 is 11.6 Å². The van der Waals surface area contributed by atoms with Gasteiger partial charge in [0.05, 0.1) is 17.3 Å². The van der Waals surface area contributed by atoms with Crippen LogP contribution in [0.25, 0.3) is 11.3 Å². The molecule has 2 aliphatic rings. The van der Waals surface area contributed by atoms with E-state index in [-0.39, 0.29) is 11.1 Å². The lowest BCUT2D eigenvalue weighted by molar-refractivity contribution is 0.0691. The number of carboxylic acid groups (broad SMARTS) is 1. The summed E-state index contributed by atoms with van der Waals surface area (Å²) in [5.74, 6) is -0.567. The number of halogens is 1. The third kappa shape index (κ3) is 3.10. The highest BCUT2D eigenvalue weighted by Gasteiger charge is 2.43. The molecule has 0 saturated heterocycles. The number of methoxy groups -OCH3 is 1. The first-order chi connectivity index (χ1) is 13.4. The van der Waals surface area contributed by atoms with E-state index in [2.05, 4.69) is 0 Å². The number of rotatable bonds is 6. The number of aromatic carboxylic acids is 1. The highest BCUT2D eigenvalue weighted by molar-refractivity contribution is 6.32. The van der Waals surface area contributed by atoms with Crippen molar-refractivity contribution < 1.29 is 19.4 Å².